The molecule has 0 unspecified atom stereocenters. The van der Waals surface area contributed by atoms with Gasteiger partial charge in [-0.3, -0.25) is 9.59 Å². The first-order valence-electron chi connectivity index (χ1n) is 6.99. The van der Waals surface area contributed by atoms with Crippen LogP contribution in [-0.2, 0) is 0 Å². The van der Waals surface area contributed by atoms with E-state index in [4.69, 9.17) is 4.74 Å². The fourth-order valence-corrected chi connectivity index (χ4v) is 2.06. The van der Waals surface area contributed by atoms with Crippen molar-refractivity contribution in [1.29, 1.82) is 0 Å². The maximum Gasteiger partial charge on any atom is 0.275 e. The molecule has 0 saturated heterocycles. The Morgan fingerprint density at radius 2 is 2.00 bits per heavy atom. The zero-order chi connectivity index (χ0) is 16.3. The van der Waals surface area contributed by atoms with Crippen molar-refractivity contribution in [2.45, 2.75) is 26.8 Å². The van der Waals surface area contributed by atoms with Crippen LogP contribution in [0.1, 0.15) is 29.9 Å². The minimum atomic E-state index is -0.380. The second-order valence-corrected chi connectivity index (χ2v) is 5.23. The molecule has 0 aliphatic heterocycles. The summed E-state index contributed by atoms with van der Waals surface area (Å²) in [7, 11) is 1.40. The molecule has 0 fully saturated rings. The van der Waals surface area contributed by atoms with Gasteiger partial charge < -0.3 is 10.1 Å². The van der Waals surface area contributed by atoms with Gasteiger partial charge in [0.15, 0.2) is 11.4 Å². The Morgan fingerprint density at radius 3 is 2.59 bits per heavy atom. The summed E-state index contributed by atoms with van der Waals surface area (Å²) in [6.07, 6.45) is 0. The standard InChI is InChI=1S/C16H19N3O3/c1-10(2)17-16(21)15-13(22-4)9-14(20)19(18-15)12-8-6-5-7-11(12)3/h5-10H,1-4H3,(H,17,21). The Balaban J connectivity index is 2.60. The number of para-hydroxylation sites is 1. The maximum absolute atomic E-state index is 12.2. The monoisotopic (exact) mass is 301 g/mol. The highest BCUT2D eigenvalue weighted by Crippen LogP contribution is 2.16. The van der Waals surface area contributed by atoms with E-state index in [1.165, 1.54) is 17.9 Å². The molecule has 1 N–H and O–H groups in total. The van der Waals surface area contributed by atoms with Crippen LogP contribution in [0.25, 0.3) is 5.69 Å². The number of nitrogens with one attached hydrogen (secondary N) is 1. The Hall–Kier alpha value is -2.63. The first-order valence-corrected chi connectivity index (χ1v) is 6.99. The van der Waals surface area contributed by atoms with Gasteiger partial charge in [0.25, 0.3) is 11.5 Å². The van der Waals surface area contributed by atoms with Crippen molar-refractivity contribution >= 4 is 5.91 Å². The van der Waals surface area contributed by atoms with Crippen molar-refractivity contribution in [2.75, 3.05) is 7.11 Å². The summed E-state index contributed by atoms with van der Waals surface area (Å²) < 4.78 is 6.33. The van der Waals surface area contributed by atoms with Crippen molar-refractivity contribution in [3.05, 3.63) is 51.9 Å². The van der Waals surface area contributed by atoms with E-state index in [-0.39, 0.29) is 29.0 Å². The van der Waals surface area contributed by atoms with Crippen LogP contribution in [-0.4, -0.2) is 28.8 Å². The van der Waals surface area contributed by atoms with Crippen LogP contribution in [0.2, 0.25) is 0 Å². The molecule has 1 aromatic carbocycles. The molecule has 6 nitrogen and oxygen atoms in total. The summed E-state index contributed by atoms with van der Waals surface area (Å²) in [4.78, 5) is 24.5. The summed E-state index contributed by atoms with van der Waals surface area (Å²) in [6.45, 7) is 5.57. The summed E-state index contributed by atoms with van der Waals surface area (Å²) in [6, 6.07) is 8.57. The van der Waals surface area contributed by atoms with Crippen molar-refractivity contribution in [3.8, 4) is 11.4 Å². The molecule has 0 aliphatic carbocycles. The lowest BCUT2D eigenvalue weighted by Gasteiger charge is -2.13. The number of methoxy groups -OCH3 is 1. The molecule has 2 rings (SSSR count). The molecule has 6 heteroatoms. The summed E-state index contributed by atoms with van der Waals surface area (Å²) in [5.74, 6) is -0.220. The highest BCUT2D eigenvalue weighted by Gasteiger charge is 2.18. The Bertz CT molecular complexity index is 751. The first-order chi connectivity index (χ1) is 10.4. The largest absolute Gasteiger partial charge is 0.494 e. The summed E-state index contributed by atoms with van der Waals surface area (Å²) in [5.41, 5.74) is 1.25. The van der Waals surface area contributed by atoms with Crippen LogP contribution in [0.5, 0.6) is 5.75 Å². The van der Waals surface area contributed by atoms with Crippen LogP contribution >= 0.6 is 0 Å². The van der Waals surface area contributed by atoms with Gasteiger partial charge in [-0.2, -0.15) is 9.78 Å². The maximum atomic E-state index is 12.2. The van der Waals surface area contributed by atoms with Gasteiger partial charge >= 0.3 is 0 Å². The number of nitrogens with zero attached hydrogens (tertiary/aromatic N) is 2. The average Bonchev–Trinajstić information content (AvgIpc) is 2.47. The molecule has 22 heavy (non-hydrogen) atoms. The normalized spacial score (nSPS) is 10.6. The van der Waals surface area contributed by atoms with Gasteiger partial charge in [-0.25, -0.2) is 0 Å². The van der Waals surface area contributed by atoms with E-state index in [1.54, 1.807) is 6.07 Å². The minimum absolute atomic E-state index is 0.0437. The van der Waals surface area contributed by atoms with Gasteiger partial charge in [0.2, 0.25) is 0 Å². The number of hydrogen-bond donors (Lipinski definition) is 1. The molecule has 0 spiro atoms. The van der Waals surface area contributed by atoms with Gasteiger partial charge in [-0.15, -0.1) is 0 Å². The zero-order valence-electron chi connectivity index (χ0n) is 13.1. The van der Waals surface area contributed by atoms with Crippen LogP contribution in [0.15, 0.2) is 35.1 Å². The predicted molar refractivity (Wildman–Crippen MR) is 83.7 cm³/mol. The van der Waals surface area contributed by atoms with E-state index in [9.17, 15) is 9.59 Å². The average molecular weight is 301 g/mol. The van der Waals surface area contributed by atoms with E-state index in [0.29, 0.717) is 5.69 Å². The second-order valence-electron chi connectivity index (χ2n) is 5.23. The molecule has 0 saturated carbocycles. The van der Waals surface area contributed by atoms with E-state index >= 15 is 0 Å². The van der Waals surface area contributed by atoms with Gasteiger partial charge in [0.05, 0.1) is 18.9 Å². The number of rotatable bonds is 4. The molecule has 0 aliphatic rings. The molecule has 0 radical (unpaired) electrons. The topological polar surface area (TPSA) is 73.2 Å². The van der Waals surface area contributed by atoms with Gasteiger partial charge in [0, 0.05) is 6.04 Å². The molecular formula is C16H19N3O3. The quantitative estimate of drug-likeness (QED) is 0.932. The Labute approximate surface area is 128 Å². The fraction of sp³-hybridized carbons (Fsp3) is 0.312. The number of carbonyl (C=O) groups is 1. The van der Waals surface area contributed by atoms with Crippen molar-refractivity contribution in [3.63, 3.8) is 0 Å². The zero-order valence-corrected chi connectivity index (χ0v) is 13.1. The summed E-state index contributed by atoms with van der Waals surface area (Å²) in [5, 5.41) is 6.94. The number of carbonyl (C=O) groups excluding carboxylic acids is 1. The third kappa shape index (κ3) is 3.16. The smallest absolute Gasteiger partial charge is 0.275 e. The van der Waals surface area contributed by atoms with Gasteiger partial charge in [-0.1, -0.05) is 18.2 Å². The third-order valence-corrected chi connectivity index (χ3v) is 3.10. The van der Waals surface area contributed by atoms with E-state index in [0.717, 1.165) is 5.56 Å². The lowest BCUT2D eigenvalue weighted by Crippen LogP contribution is -2.33. The lowest BCUT2D eigenvalue weighted by molar-refractivity contribution is 0.0932. The van der Waals surface area contributed by atoms with Crippen molar-refractivity contribution in [1.82, 2.24) is 15.1 Å². The molecule has 1 aromatic heterocycles. The molecular weight excluding hydrogens is 282 g/mol. The highest BCUT2D eigenvalue weighted by atomic mass is 16.5. The highest BCUT2D eigenvalue weighted by molar-refractivity contribution is 5.94. The Morgan fingerprint density at radius 1 is 1.32 bits per heavy atom. The second kappa shape index (κ2) is 6.43. The van der Waals surface area contributed by atoms with E-state index in [2.05, 4.69) is 10.4 Å². The number of benzene rings is 1. The molecule has 116 valence electrons. The molecule has 2 aromatic rings. The number of hydrogen-bond acceptors (Lipinski definition) is 4. The molecule has 1 amide bonds. The summed E-state index contributed by atoms with van der Waals surface area (Å²) >= 11 is 0. The van der Waals surface area contributed by atoms with Gasteiger partial charge in [0.1, 0.15) is 0 Å². The lowest BCUT2D eigenvalue weighted by atomic mass is 10.2. The number of aromatic nitrogens is 2. The molecule has 0 bridgehead atoms. The number of aryl methyl sites for hydroxylation is 1. The number of ether oxygens (including phenoxy) is 1. The van der Waals surface area contributed by atoms with E-state index in [1.807, 2.05) is 39.0 Å². The predicted octanol–water partition coefficient (Wildman–Crippen LogP) is 1.69. The van der Waals surface area contributed by atoms with Crippen molar-refractivity contribution in [2.24, 2.45) is 0 Å². The van der Waals surface area contributed by atoms with Crippen LogP contribution in [0, 0.1) is 6.92 Å². The van der Waals surface area contributed by atoms with Crippen molar-refractivity contribution < 1.29 is 9.53 Å². The SMILES string of the molecule is COc1cc(=O)n(-c2ccccc2C)nc1C(=O)NC(C)C. The van der Waals surface area contributed by atoms with Crippen LogP contribution < -0.4 is 15.6 Å². The molecule has 1 heterocycles. The van der Waals surface area contributed by atoms with Crippen LogP contribution in [0.4, 0.5) is 0 Å². The van der Waals surface area contributed by atoms with E-state index < -0.39 is 0 Å². The third-order valence-electron chi connectivity index (χ3n) is 3.10. The first kappa shape index (κ1) is 15.8. The Kier molecular flexibility index (Phi) is 4.60. The van der Waals surface area contributed by atoms with Gasteiger partial charge in [-0.05, 0) is 32.4 Å². The fourth-order valence-electron chi connectivity index (χ4n) is 2.06. The number of amides is 1. The minimum Gasteiger partial charge on any atom is -0.494 e. The molecule has 0 atom stereocenters. The van der Waals surface area contributed by atoms with Crippen LogP contribution in [0.3, 0.4) is 0 Å².